The second-order valence-corrected chi connectivity index (χ2v) is 7.87. The van der Waals surface area contributed by atoms with Crippen LogP contribution in [0.25, 0.3) is 0 Å². The lowest BCUT2D eigenvalue weighted by Gasteiger charge is -2.38. The fourth-order valence-electron chi connectivity index (χ4n) is 4.29. The van der Waals surface area contributed by atoms with Crippen LogP contribution in [-0.4, -0.2) is 47.3 Å². The normalized spacial score (nSPS) is 20.9. The maximum absolute atomic E-state index is 14.1. The fourth-order valence-corrected chi connectivity index (χ4v) is 4.29. The number of halogens is 1. The minimum atomic E-state index is -0.718. The van der Waals surface area contributed by atoms with E-state index in [-0.39, 0.29) is 17.3 Å². The molecule has 0 aliphatic carbocycles. The number of hydrogen-bond donors (Lipinski definition) is 4. The van der Waals surface area contributed by atoms with Crippen LogP contribution in [0.5, 0.6) is 0 Å². The summed E-state index contributed by atoms with van der Waals surface area (Å²) in [5.74, 6) is 1.49. The number of nitrogens with two attached hydrogens (primary N) is 1. The van der Waals surface area contributed by atoms with Crippen LogP contribution in [0.4, 0.5) is 21.7 Å². The minimum absolute atomic E-state index is 0.0226. The first-order chi connectivity index (χ1) is 15.0. The molecule has 0 amide bonds. The van der Waals surface area contributed by atoms with Crippen molar-refractivity contribution in [3.63, 3.8) is 0 Å². The van der Waals surface area contributed by atoms with E-state index in [1.54, 1.807) is 23.1 Å². The number of rotatable bonds is 5. The van der Waals surface area contributed by atoms with Crippen LogP contribution in [0.15, 0.2) is 53.1 Å². The van der Waals surface area contributed by atoms with Crippen molar-refractivity contribution in [1.82, 2.24) is 14.6 Å². The molecule has 0 radical (unpaired) electrons. The highest BCUT2D eigenvalue weighted by Crippen LogP contribution is 2.34. The summed E-state index contributed by atoms with van der Waals surface area (Å²) in [6, 6.07) is 12.4. The van der Waals surface area contributed by atoms with E-state index in [1.165, 1.54) is 6.07 Å². The Morgan fingerprint density at radius 2 is 1.97 bits per heavy atom. The van der Waals surface area contributed by atoms with E-state index in [0.717, 1.165) is 38.5 Å². The van der Waals surface area contributed by atoms with Gasteiger partial charge < -0.3 is 20.4 Å². The zero-order valence-electron chi connectivity index (χ0n) is 17.0. The van der Waals surface area contributed by atoms with Crippen LogP contribution in [0, 0.1) is 11.2 Å². The molecule has 2 aliphatic rings. The van der Waals surface area contributed by atoms with Gasteiger partial charge in [-0.25, -0.2) is 9.07 Å². The molecule has 9 nitrogen and oxygen atoms in total. The predicted octanol–water partition coefficient (Wildman–Crippen LogP) is 1.71. The molecule has 0 saturated carbocycles. The van der Waals surface area contributed by atoms with Gasteiger partial charge in [-0.3, -0.25) is 15.7 Å². The van der Waals surface area contributed by atoms with E-state index < -0.39 is 5.66 Å². The fraction of sp³-hybridized carbons (Fsp3) is 0.333. The molecule has 162 valence electrons. The Labute approximate surface area is 178 Å². The summed E-state index contributed by atoms with van der Waals surface area (Å²) >= 11 is 0. The Morgan fingerprint density at radius 3 is 2.71 bits per heavy atom. The molecule has 1 saturated heterocycles. The van der Waals surface area contributed by atoms with Crippen molar-refractivity contribution in [2.24, 2.45) is 0 Å². The number of nitrogens with one attached hydrogen (secondary N) is 3. The maximum atomic E-state index is 14.1. The van der Waals surface area contributed by atoms with E-state index in [9.17, 15) is 4.39 Å². The van der Waals surface area contributed by atoms with Crippen molar-refractivity contribution in [3.05, 3.63) is 65.9 Å². The molecule has 1 aromatic carbocycles. The summed E-state index contributed by atoms with van der Waals surface area (Å²) in [7, 11) is 0. The largest absolute Gasteiger partial charge is 0.465 e. The lowest BCUT2D eigenvalue weighted by atomic mass is 10.0. The minimum Gasteiger partial charge on any atom is -0.465 e. The molecule has 4 heterocycles. The van der Waals surface area contributed by atoms with Crippen LogP contribution < -0.4 is 27.0 Å². The highest BCUT2D eigenvalue weighted by Gasteiger charge is 2.41. The summed E-state index contributed by atoms with van der Waals surface area (Å²) in [6.07, 6.45) is 2.32. The van der Waals surface area contributed by atoms with Gasteiger partial charge in [0.15, 0.2) is 11.4 Å². The average molecular weight is 424 g/mol. The van der Waals surface area contributed by atoms with Crippen LogP contribution in [-0.2, 0) is 5.66 Å². The van der Waals surface area contributed by atoms with Gasteiger partial charge in [0.2, 0.25) is 5.62 Å². The van der Waals surface area contributed by atoms with Gasteiger partial charge in [-0.15, -0.1) is 0 Å². The molecular formula is C21H25FN8O. The van der Waals surface area contributed by atoms with E-state index in [2.05, 4.69) is 25.5 Å². The van der Waals surface area contributed by atoms with E-state index in [0.29, 0.717) is 17.9 Å². The first kappa shape index (κ1) is 19.4. The second kappa shape index (κ2) is 7.62. The Hall–Kier alpha value is -3.53. The Balaban J connectivity index is 1.29. The molecule has 10 heteroatoms. The molecule has 2 aromatic heterocycles. The first-order valence-electron chi connectivity index (χ1n) is 10.3. The van der Waals surface area contributed by atoms with E-state index >= 15 is 0 Å². The molecule has 2 aliphatic heterocycles. The number of hydrogen-bond acceptors (Lipinski definition) is 8. The van der Waals surface area contributed by atoms with E-state index in [1.807, 2.05) is 24.3 Å². The molecule has 5 N–H and O–H groups in total. The quantitative estimate of drug-likeness (QED) is 0.493. The zero-order chi connectivity index (χ0) is 21.4. The van der Waals surface area contributed by atoms with Gasteiger partial charge in [-0.2, -0.15) is 4.98 Å². The molecule has 1 unspecified atom stereocenters. The van der Waals surface area contributed by atoms with Crippen molar-refractivity contribution < 1.29 is 8.81 Å². The number of anilines is 3. The lowest BCUT2D eigenvalue weighted by molar-refractivity contribution is 0.229. The predicted molar refractivity (Wildman–Crippen MR) is 116 cm³/mol. The van der Waals surface area contributed by atoms with Crippen molar-refractivity contribution in [2.45, 2.75) is 12.1 Å². The number of fused-ring (bicyclic) bond motifs is 1. The SMILES string of the molecule is N=c1nc(N)cc2n1NC(CCN1CCN(c3ccccc3F)CC1)(c1ccco1)N2. The maximum Gasteiger partial charge on any atom is 0.244 e. The smallest absolute Gasteiger partial charge is 0.244 e. The number of nitrogen functional groups attached to an aromatic ring is 1. The summed E-state index contributed by atoms with van der Waals surface area (Å²) < 4.78 is 21.4. The molecule has 5 rings (SSSR count). The molecular weight excluding hydrogens is 399 g/mol. The highest BCUT2D eigenvalue weighted by molar-refractivity contribution is 5.53. The number of piperazine rings is 1. The Bertz CT molecular complexity index is 1120. The van der Waals surface area contributed by atoms with Crippen molar-refractivity contribution in [3.8, 4) is 0 Å². The first-order valence-corrected chi connectivity index (χ1v) is 10.3. The zero-order valence-corrected chi connectivity index (χ0v) is 17.0. The Morgan fingerprint density at radius 1 is 1.16 bits per heavy atom. The number of benzene rings is 1. The van der Waals surface area contributed by atoms with Gasteiger partial charge in [0, 0.05) is 45.2 Å². The molecule has 1 fully saturated rings. The number of nitrogens with zero attached hydrogens (tertiary/aromatic N) is 4. The topological polar surface area (TPSA) is 111 Å². The Kier molecular flexibility index (Phi) is 4.78. The third kappa shape index (κ3) is 3.59. The third-order valence-corrected chi connectivity index (χ3v) is 5.93. The van der Waals surface area contributed by atoms with Gasteiger partial charge in [0.05, 0.1) is 12.0 Å². The third-order valence-electron chi connectivity index (χ3n) is 5.93. The lowest BCUT2D eigenvalue weighted by Crippen LogP contribution is -2.50. The molecule has 0 bridgehead atoms. The van der Waals surface area contributed by atoms with Crippen molar-refractivity contribution in [2.75, 3.05) is 54.1 Å². The van der Waals surface area contributed by atoms with Gasteiger partial charge in [-0.05, 0) is 24.3 Å². The van der Waals surface area contributed by atoms with Crippen LogP contribution in [0.1, 0.15) is 12.2 Å². The standard InChI is InChI=1S/C21H25FN8O/c22-15-4-1-2-5-16(15)29-11-9-28(10-12-29)8-7-21(17-6-3-13-31-17)26-19-14-18(23)25-20(24)30(19)27-21/h1-6,13-14,26-27H,7-12H2,(H3,23,24,25). The van der Waals surface area contributed by atoms with Crippen LogP contribution >= 0.6 is 0 Å². The van der Waals surface area contributed by atoms with Gasteiger partial charge in [0.25, 0.3) is 0 Å². The molecule has 31 heavy (non-hydrogen) atoms. The number of para-hydroxylation sites is 1. The highest BCUT2D eigenvalue weighted by atomic mass is 19.1. The summed E-state index contributed by atoms with van der Waals surface area (Å²) in [5.41, 5.74) is 9.14. The number of furan rings is 1. The molecule has 1 atom stereocenters. The van der Waals surface area contributed by atoms with Crippen molar-refractivity contribution in [1.29, 1.82) is 5.41 Å². The van der Waals surface area contributed by atoms with Crippen LogP contribution in [0.2, 0.25) is 0 Å². The number of aromatic nitrogens is 2. The summed E-state index contributed by atoms with van der Waals surface area (Å²) in [5, 5.41) is 11.6. The van der Waals surface area contributed by atoms with Crippen LogP contribution in [0.3, 0.4) is 0 Å². The van der Waals surface area contributed by atoms with E-state index in [4.69, 9.17) is 15.6 Å². The average Bonchev–Trinajstić information content (AvgIpc) is 3.42. The van der Waals surface area contributed by atoms with Gasteiger partial charge in [0.1, 0.15) is 17.5 Å². The van der Waals surface area contributed by atoms with Crippen molar-refractivity contribution >= 4 is 17.3 Å². The molecule has 0 spiro atoms. The van der Waals surface area contributed by atoms with Gasteiger partial charge in [-0.1, -0.05) is 12.1 Å². The summed E-state index contributed by atoms with van der Waals surface area (Å²) in [4.78, 5) is 8.46. The monoisotopic (exact) mass is 424 g/mol. The summed E-state index contributed by atoms with van der Waals surface area (Å²) in [6.45, 7) is 3.99. The second-order valence-electron chi connectivity index (χ2n) is 7.87. The van der Waals surface area contributed by atoms with Gasteiger partial charge >= 0.3 is 0 Å². The molecule has 3 aromatic rings.